The van der Waals surface area contributed by atoms with Crippen LogP contribution in [0.25, 0.3) is 11.1 Å². The van der Waals surface area contributed by atoms with Crippen molar-refractivity contribution in [1.29, 1.82) is 0 Å². The minimum atomic E-state index is 0. The molecular weight excluding hydrogens is 253 g/mol. The molecule has 2 rings (SSSR count). The SMILES string of the molecule is CC(N)c1ccc(-c2ccccc2Cl)cc1.Cl. The van der Waals surface area contributed by atoms with Crippen LogP contribution in [0, 0.1) is 0 Å². The summed E-state index contributed by atoms with van der Waals surface area (Å²) < 4.78 is 0. The van der Waals surface area contributed by atoms with E-state index in [9.17, 15) is 0 Å². The van der Waals surface area contributed by atoms with Gasteiger partial charge in [-0.1, -0.05) is 54.1 Å². The molecule has 0 fully saturated rings. The van der Waals surface area contributed by atoms with Crippen molar-refractivity contribution in [3.05, 3.63) is 59.1 Å². The van der Waals surface area contributed by atoms with E-state index in [0.29, 0.717) is 0 Å². The Morgan fingerprint density at radius 1 is 1.00 bits per heavy atom. The first-order valence-electron chi connectivity index (χ1n) is 5.29. The summed E-state index contributed by atoms with van der Waals surface area (Å²) in [7, 11) is 0. The number of benzene rings is 2. The van der Waals surface area contributed by atoms with E-state index in [1.807, 2.05) is 43.3 Å². The topological polar surface area (TPSA) is 26.0 Å². The second-order valence-corrected chi connectivity index (χ2v) is 4.30. The van der Waals surface area contributed by atoms with Gasteiger partial charge in [0.15, 0.2) is 0 Å². The van der Waals surface area contributed by atoms with Gasteiger partial charge in [0.2, 0.25) is 0 Å². The molecule has 0 radical (unpaired) electrons. The van der Waals surface area contributed by atoms with Crippen molar-refractivity contribution in [3.8, 4) is 11.1 Å². The highest BCUT2D eigenvalue weighted by Crippen LogP contribution is 2.28. The average Bonchev–Trinajstić information content (AvgIpc) is 2.30. The summed E-state index contributed by atoms with van der Waals surface area (Å²) in [5, 5.41) is 0.774. The lowest BCUT2D eigenvalue weighted by molar-refractivity contribution is 0.818. The number of hydrogen-bond donors (Lipinski definition) is 1. The van der Waals surface area contributed by atoms with Crippen LogP contribution < -0.4 is 5.73 Å². The normalized spacial score (nSPS) is 11.7. The first kappa shape index (κ1) is 14.0. The Morgan fingerprint density at radius 3 is 2.12 bits per heavy atom. The predicted octanol–water partition coefficient (Wildman–Crippen LogP) is 4.45. The van der Waals surface area contributed by atoms with E-state index in [0.717, 1.165) is 21.7 Å². The highest BCUT2D eigenvalue weighted by Gasteiger charge is 2.03. The van der Waals surface area contributed by atoms with Gasteiger partial charge in [0.1, 0.15) is 0 Å². The van der Waals surface area contributed by atoms with Crippen molar-refractivity contribution in [1.82, 2.24) is 0 Å². The van der Waals surface area contributed by atoms with E-state index in [1.54, 1.807) is 0 Å². The van der Waals surface area contributed by atoms with Gasteiger partial charge in [-0.2, -0.15) is 0 Å². The molecular formula is C14H15Cl2N. The maximum Gasteiger partial charge on any atom is 0.0484 e. The van der Waals surface area contributed by atoms with Crippen molar-refractivity contribution < 1.29 is 0 Å². The number of hydrogen-bond acceptors (Lipinski definition) is 1. The van der Waals surface area contributed by atoms with Crippen LogP contribution in [0.15, 0.2) is 48.5 Å². The van der Waals surface area contributed by atoms with Gasteiger partial charge in [-0.3, -0.25) is 0 Å². The summed E-state index contributed by atoms with van der Waals surface area (Å²) in [5.74, 6) is 0. The van der Waals surface area contributed by atoms with Gasteiger partial charge < -0.3 is 5.73 Å². The lowest BCUT2D eigenvalue weighted by atomic mass is 10.0. The monoisotopic (exact) mass is 267 g/mol. The molecule has 2 N–H and O–H groups in total. The Balaban J connectivity index is 0.00000144. The second kappa shape index (κ2) is 6.06. The Morgan fingerprint density at radius 2 is 1.59 bits per heavy atom. The fourth-order valence-corrected chi connectivity index (χ4v) is 1.91. The predicted molar refractivity (Wildman–Crippen MR) is 76.7 cm³/mol. The quantitative estimate of drug-likeness (QED) is 0.855. The summed E-state index contributed by atoms with van der Waals surface area (Å²) >= 11 is 6.14. The lowest BCUT2D eigenvalue weighted by Gasteiger charge is -2.08. The smallest absolute Gasteiger partial charge is 0.0484 e. The van der Waals surface area contributed by atoms with Crippen LogP contribution in [-0.2, 0) is 0 Å². The van der Waals surface area contributed by atoms with E-state index in [1.165, 1.54) is 0 Å². The minimum absolute atomic E-state index is 0. The van der Waals surface area contributed by atoms with Gasteiger partial charge in [-0.25, -0.2) is 0 Å². The van der Waals surface area contributed by atoms with E-state index >= 15 is 0 Å². The molecule has 0 spiro atoms. The van der Waals surface area contributed by atoms with Crippen LogP contribution in [0.5, 0.6) is 0 Å². The van der Waals surface area contributed by atoms with Crippen LogP contribution in [-0.4, -0.2) is 0 Å². The van der Waals surface area contributed by atoms with Gasteiger partial charge in [-0.05, 0) is 24.1 Å². The molecule has 0 bridgehead atoms. The summed E-state index contributed by atoms with van der Waals surface area (Å²) in [6, 6.07) is 16.1. The Bertz CT molecular complexity index is 478. The molecule has 0 heterocycles. The fraction of sp³-hybridized carbons (Fsp3) is 0.143. The fourth-order valence-electron chi connectivity index (χ4n) is 1.66. The molecule has 0 aliphatic carbocycles. The summed E-state index contributed by atoms with van der Waals surface area (Å²) in [6.45, 7) is 1.98. The molecule has 0 saturated heterocycles. The maximum absolute atomic E-state index is 6.14. The van der Waals surface area contributed by atoms with E-state index < -0.39 is 0 Å². The van der Waals surface area contributed by atoms with Crippen LogP contribution in [0.4, 0.5) is 0 Å². The third-order valence-corrected chi connectivity index (χ3v) is 2.95. The maximum atomic E-state index is 6.14. The summed E-state index contributed by atoms with van der Waals surface area (Å²) in [4.78, 5) is 0. The van der Waals surface area contributed by atoms with Crippen LogP contribution in [0.3, 0.4) is 0 Å². The van der Waals surface area contributed by atoms with Crippen LogP contribution in [0.2, 0.25) is 5.02 Å². The first-order chi connectivity index (χ1) is 7.68. The average molecular weight is 268 g/mol. The molecule has 2 aromatic carbocycles. The second-order valence-electron chi connectivity index (χ2n) is 3.89. The molecule has 0 saturated carbocycles. The largest absolute Gasteiger partial charge is 0.324 e. The van der Waals surface area contributed by atoms with E-state index in [-0.39, 0.29) is 18.4 Å². The Labute approximate surface area is 113 Å². The minimum Gasteiger partial charge on any atom is -0.324 e. The highest BCUT2D eigenvalue weighted by molar-refractivity contribution is 6.33. The first-order valence-corrected chi connectivity index (χ1v) is 5.67. The Kier molecular flexibility index (Phi) is 5.01. The number of rotatable bonds is 2. The molecule has 0 aliphatic rings. The lowest BCUT2D eigenvalue weighted by Crippen LogP contribution is -2.04. The van der Waals surface area contributed by atoms with Gasteiger partial charge in [0.25, 0.3) is 0 Å². The van der Waals surface area contributed by atoms with Gasteiger partial charge in [0, 0.05) is 16.6 Å². The van der Waals surface area contributed by atoms with Crippen molar-refractivity contribution in [2.45, 2.75) is 13.0 Å². The molecule has 2 aromatic rings. The summed E-state index contributed by atoms with van der Waals surface area (Å²) in [5.41, 5.74) is 9.12. The van der Waals surface area contributed by atoms with Crippen molar-refractivity contribution in [2.24, 2.45) is 5.73 Å². The summed E-state index contributed by atoms with van der Waals surface area (Å²) in [6.07, 6.45) is 0. The third-order valence-electron chi connectivity index (χ3n) is 2.62. The van der Waals surface area contributed by atoms with Gasteiger partial charge >= 0.3 is 0 Å². The Hall–Kier alpha value is -1.02. The van der Waals surface area contributed by atoms with Crippen LogP contribution in [0.1, 0.15) is 18.5 Å². The van der Waals surface area contributed by atoms with Crippen molar-refractivity contribution in [3.63, 3.8) is 0 Å². The zero-order chi connectivity index (χ0) is 11.5. The molecule has 1 nitrogen and oxygen atoms in total. The molecule has 0 amide bonds. The molecule has 3 heteroatoms. The van der Waals surface area contributed by atoms with E-state index in [4.69, 9.17) is 17.3 Å². The zero-order valence-corrected chi connectivity index (χ0v) is 11.1. The molecule has 17 heavy (non-hydrogen) atoms. The van der Waals surface area contributed by atoms with E-state index in [2.05, 4.69) is 12.1 Å². The van der Waals surface area contributed by atoms with Crippen molar-refractivity contribution >= 4 is 24.0 Å². The molecule has 90 valence electrons. The zero-order valence-electron chi connectivity index (χ0n) is 9.56. The number of halogens is 2. The molecule has 0 aromatic heterocycles. The van der Waals surface area contributed by atoms with Crippen LogP contribution >= 0.6 is 24.0 Å². The highest BCUT2D eigenvalue weighted by atomic mass is 35.5. The van der Waals surface area contributed by atoms with Crippen molar-refractivity contribution in [2.75, 3.05) is 0 Å². The molecule has 0 aliphatic heterocycles. The van der Waals surface area contributed by atoms with Gasteiger partial charge in [0.05, 0.1) is 0 Å². The third kappa shape index (κ3) is 3.22. The standard InChI is InChI=1S/C14H14ClN.ClH/c1-10(16)11-6-8-12(9-7-11)13-4-2-3-5-14(13)15;/h2-10H,16H2,1H3;1H. The number of nitrogens with two attached hydrogens (primary N) is 1. The van der Waals surface area contributed by atoms with Gasteiger partial charge in [-0.15, -0.1) is 12.4 Å². The molecule has 1 unspecified atom stereocenters. The molecule has 1 atom stereocenters.